The molecule has 12 nitrogen and oxygen atoms in total. The smallest absolute Gasteiger partial charge is 0.303 e. The highest BCUT2D eigenvalue weighted by Gasteiger charge is 2.71. The second-order valence-corrected chi connectivity index (χ2v) is 20.4. The molecule has 1 heterocycles. The molecule has 1 aliphatic heterocycles. The summed E-state index contributed by atoms with van der Waals surface area (Å²) >= 11 is 0. The van der Waals surface area contributed by atoms with Gasteiger partial charge in [-0.05, 0) is 122 Å². The van der Waals surface area contributed by atoms with Crippen LogP contribution >= 0.6 is 0 Å². The van der Waals surface area contributed by atoms with Crippen LogP contribution in [0.25, 0.3) is 0 Å². The number of rotatable bonds is 10. The molecule has 12 heteroatoms. The van der Waals surface area contributed by atoms with E-state index in [0.717, 1.165) is 64.2 Å². The minimum absolute atomic E-state index is 0.0101. The summed E-state index contributed by atoms with van der Waals surface area (Å²) in [5.41, 5.74) is 1.20. The van der Waals surface area contributed by atoms with Gasteiger partial charge in [-0.25, -0.2) is 0 Å². The Balaban J connectivity index is 1.28. The molecular weight excluding hydrogens is 744 g/mol. The van der Waals surface area contributed by atoms with Crippen LogP contribution in [0.3, 0.4) is 0 Å². The number of carbonyl (C=O) groups is 5. The van der Waals surface area contributed by atoms with E-state index in [9.17, 15) is 24.0 Å². The molecule has 0 bridgehead atoms. The lowest BCUT2D eigenvalue weighted by molar-refractivity contribution is -0.335. The summed E-state index contributed by atoms with van der Waals surface area (Å²) in [6.07, 6.45) is 4.13. The molecule has 0 N–H and O–H groups in total. The maximum Gasteiger partial charge on any atom is 0.303 e. The van der Waals surface area contributed by atoms with Crippen molar-refractivity contribution in [3.05, 3.63) is 12.2 Å². The highest BCUT2D eigenvalue weighted by molar-refractivity contribution is 5.69. The van der Waals surface area contributed by atoms with Gasteiger partial charge in [0, 0.05) is 40.0 Å². The van der Waals surface area contributed by atoms with Crippen LogP contribution in [0.5, 0.6) is 0 Å². The van der Waals surface area contributed by atoms with E-state index in [1.165, 1.54) is 40.2 Å². The standard InChI is InChI=1S/C46H70O12/c1-25(2)31-15-20-46(24-53-27(4)48)22-21-44(11)32(37(31)46)13-14-35-43(10)18-17-36(42(8,9)34(43)16-19-45(35,44)12)58-41-40(56-30(7)51)39(55-29(6)50)38(54-28(5)49)33(57-41)23-52-26(3)47/h31-41H,1,13-24H2,2-12H3/t31-,32+,33+,34-,35?,36+,37+,38+,39-,40+,41-,43-,44+,45+,46+/m0/s1. The molecule has 6 aliphatic rings. The molecule has 0 aromatic heterocycles. The van der Waals surface area contributed by atoms with Crippen molar-refractivity contribution in [2.75, 3.05) is 13.2 Å². The van der Waals surface area contributed by atoms with Crippen molar-refractivity contribution in [3.63, 3.8) is 0 Å². The summed E-state index contributed by atoms with van der Waals surface area (Å²) in [7, 11) is 0. The summed E-state index contributed by atoms with van der Waals surface area (Å²) in [5.74, 6) is -0.538. The first-order chi connectivity index (χ1) is 27.0. The predicted octanol–water partition coefficient (Wildman–Crippen LogP) is 7.68. The van der Waals surface area contributed by atoms with Crippen molar-refractivity contribution in [1.29, 1.82) is 0 Å². The topological polar surface area (TPSA) is 150 Å². The van der Waals surface area contributed by atoms with Crippen LogP contribution in [-0.2, 0) is 57.1 Å². The number of esters is 5. The number of hydrogen-bond acceptors (Lipinski definition) is 12. The molecule has 5 saturated carbocycles. The molecule has 0 spiro atoms. The van der Waals surface area contributed by atoms with Crippen LogP contribution in [-0.4, -0.2) is 79.9 Å². The molecule has 1 unspecified atom stereocenters. The van der Waals surface area contributed by atoms with Crippen molar-refractivity contribution >= 4 is 29.8 Å². The lowest BCUT2D eigenvalue weighted by atomic mass is 9.32. The normalized spacial score (nSPS) is 43.9. The Kier molecular flexibility index (Phi) is 12.4. The van der Waals surface area contributed by atoms with E-state index in [1.54, 1.807) is 0 Å². The van der Waals surface area contributed by atoms with Gasteiger partial charge in [0.25, 0.3) is 0 Å². The molecule has 1 saturated heterocycles. The van der Waals surface area contributed by atoms with Gasteiger partial charge in [0.05, 0.1) is 12.7 Å². The fourth-order valence-corrected chi connectivity index (χ4v) is 14.5. The zero-order chi connectivity index (χ0) is 42.7. The quantitative estimate of drug-likeness (QED) is 0.0922. The Bertz CT molecular complexity index is 1640. The first kappa shape index (κ1) is 44.6. The highest BCUT2D eigenvalue weighted by atomic mass is 16.7. The van der Waals surface area contributed by atoms with Crippen molar-refractivity contribution in [3.8, 4) is 0 Å². The second-order valence-electron chi connectivity index (χ2n) is 20.4. The van der Waals surface area contributed by atoms with Crippen molar-refractivity contribution in [2.45, 2.75) is 177 Å². The SMILES string of the molecule is C=C(C)[C@@H]1CC[C@]2(COC(C)=O)CC[C@]3(C)[C@H](CCC4[C@@]5(C)CC[C@@H](O[C@@H]6O[C@H](COC(C)=O)[C@@H](OC(C)=O)[C@H](OC(C)=O)[C@H]6OC(C)=O)C(C)(C)[C@@H]5CC[C@]43C)[C@@H]12. The summed E-state index contributed by atoms with van der Waals surface area (Å²) in [5, 5.41) is 0. The number of ether oxygens (including phenoxy) is 7. The summed E-state index contributed by atoms with van der Waals surface area (Å²) in [6, 6.07) is 0. The largest absolute Gasteiger partial charge is 0.465 e. The van der Waals surface area contributed by atoms with Gasteiger partial charge < -0.3 is 33.2 Å². The van der Waals surface area contributed by atoms with E-state index in [0.29, 0.717) is 36.2 Å². The summed E-state index contributed by atoms with van der Waals surface area (Å²) in [4.78, 5) is 61.4. The second kappa shape index (κ2) is 16.1. The van der Waals surface area contributed by atoms with Crippen LogP contribution in [0, 0.1) is 56.7 Å². The average Bonchev–Trinajstić information content (AvgIpc) is 3.50. The third kappa shape index (κ3) is 7.64. The fraction of sp³-hybridized carbons (Fsp3) is 0.848. The van der Waals surface area contributed by atoms with E-state index < -0.39 is 54.6 Å². The van der Waals surface area contributed by atoms with E-state index in [-0.39, 0.29) is 45.8 Å². The molecule has 5 aliphatic carbocycles. The van der Waals surface area contributed by atoms with Crippen LogP contribution in [0.1, 0.15) is 140 Å². The molecule has 6 fully saturated rings. The Morgan fingerprint density at radius 1 is 0.621 bits per heavy atom. The first-order valence-electron chi connectivity index (χ1n) is 21.8. The van der Waals surface area contributed by atoms with Crippen LogP contribution in [0.2, 0.25) is 0 Å². The Morgan fingerprint density at radius 2 is 1.24 bits per heavy atom. The van der Waals surface area contributed by atoms with E-state index in [4.69, 9.17) is 33.2 Å². The van der Waals surface area contributed by atoms with E-state index in [2.05, 4.69) is 48.1 Å². The molecular formula is C46H70O12. The molecule has 0 aromatic carbocycles. The van der Waals surface area contributed by atoms with Gasteiger partial charge in [0.15, 0.2) is 24.6 Å². The van der Waals surface area contributed by atoms with Crippen LogP contribution in [0.4, 0.5) is 0 Å². The van der Waals surface area contributed by atoms with Crippen LogP contribution in [0.15, 0.2) is 12.2 Å². The Labute approximate surface area is 345 Å². The maximum absolute atomic E-state index is 12.6. The minimum Gasteiger partial charge on any atom is -0.465 e. The monoisotopic (exact) mass is 814 g/mol. The van der Waals surface area contributed by atoms with Gasteiger partial charge in [0.2, 0.25) is 0 Å². The zero-order valence-electron chi connectivity index (χ0n) is 36.9. The Hall–Kier alpha value is -2.99. The molecule has 58 heavy (non-hydrogen) atoms. The number of allylic oxidation sites excluding steroid dienone is 1. The number of hydrogen-bond donors (Lipinski definition) is 0. The lowest BCUT2D eigenvalue weighted by Gasteiger charge is -2.73. The number of carbonyl (C=O) groups excluding carboxylic acids is 5. The van der Waals surface area contributed by atoms with Gasteiger partial charge >= 0.3 is 29.8 Å². The average molecular weight is 815 g/mol. The summed E-state index contributed by atoms with van der Waals surface area (Å²) < 4.78 is 41.6. The summed E-state index contributed by atoms with van der Waals surface area (Å²) in [6.45, 7) is 25.6. The van der Waals surface area contributed by atoms with Gasteiger partial charge in [0.1, 0.15) is 12.7 Å². The third-order valence-corrected chi connectivity index (χ3v) is 17.0. The molecule has 15 atom stereocenters. The third-order valence-electron chi connectivity index (χ3n) is 17.0. The van der Waals surface area contributed by atoms with Crippen molar-refractivity contribution in [1.82, 2.24) is 0 Å². The fourth-order valence-electron chi connectivity index (χ4n) is 14.5. The highest BCUT2D eigenvalue weighted by Crippen LogP contribution is 2.77. The van der Waals surface area contributed by atoms with Gasteiger partial charge in [-0.1, -0.05) is 46.8 Å². The lowest BCUT2D eigenvalue weighted by Crippen LogP contribution is -2.67. The van der Waals surface area contributed by atoms with Crippen LogP contribution < -0.4 is 0 Å². The minimum atomic E-state index is -1.28. The van der Waals surface area contributed by atoms with Gasteiger partial charge in [-0.15, -0.1) is 0 Å². The maximum atomic E-state index is 12.6. The predicted molar refractivity (Wildman–Crippen MR) is 212 cm³/mol. The molecule has 0 radical (unpaired) electrons. The van der Waals surface area contributed by atoms with Gasteiger partial charge in [-0.3, -0.25) is 24.0 Å². The van der Waals surface area contributed by atoms with Gasteiger partial charge in [-0.2, -0.15) is 0 Å². The molecule has 6 rings (SSSR count). The van der Waals surface area contributed by atoms with E-state index >= 15 is 0 Å². The van der Waals surface area contributed by atoms with Crippen molar-refractivity contribution in [2.24, 2.45) is 56.7 Å². The molecule has 0 amide bonds. The Morgan fingerprint density at radius 3 is 1.84 bits per heavy atom. The van der Waals surface area contributed by atoms with E-state index in [1.807, 2.05) is 0 Å². The zero-order valence-corrected chi connectivity index (χ0v) is 36.9. The molecule has 326 valence electrons. The number of fused-ring (bicyclic) bond motifs is 7. The molecule has 0 aromatic rings. The van der Waals surface area contributed by atoms with Crippen molar-refractivity contribution < 1.29 is 57.1 Å². The first-order valence-corrected chi connectivity index (χ1v) is 21.8.